The predicted molar refractivity (Wildman–Crippen MR) is 122 cm³/mol. The van der Waals surface area contributed by atoms with Crippen molar-refractivity contribution < 1.29 is 14.3 Å². The number of carbonyl (C=O) groups is 1. The highest BCUT2D eigenvalue weighted by atomic mass is 16.5. The molecule has 0 heterocycles. The molecule has 0 unspecified atom stereocenters. The molecule has 0 radical (unpaired) electrons. The van der Waals surface area contributed by atoms with Gasteiger partial charge in [-0.1, -0.05) is 108 Å². The average Bonchev–Trinajstić information content (AvgIpc) is 2.75. The lowest BCUT2D eigenvalue weighted by Crippen LogP contribution is -2.09. The van der Waals surface area contributed by atoms with E-state index < -0.39 is 0 Å². The van der Waals surface area contributed by atoms with Gasteiger partial charge in [0.05, 0.1) is 13.7 Å². The Morgan fingerprint density at radius 1 is 0.759 bits per heavy atom. The van der Waals surface area contributed by atoms with Crippen LogP contribution >= 0.6 is 0 Å². The van der Waals surface area contributed by atoms with Gasteiger partial charge in [-0.3, -0.25) is 0 Å². The summed E-state index contributed by atoms with van der Waals surface area (Å²) in [6.45, 7) is 2.74. The first-order chi connectivity index (χ1) is 14.3. The highest BCUT2D eigenvalue weighted by Gasteiger charge is 2.17. The minimum Gasteiger partial charge on any atom is -0.496 e. The molecular weight excluding hydrogens is 360 g/mol. The van der Waals surface area contributed by atoms with Gasteiger partial charge in [0.2, 0.25) is 0 Å². The Balaban J connectivity index is 1.61. The number of esters is 1. The number of hydrogen-bond donors (Lipinski definition) is 0. The van der Waals surface area contributed by atoms with Crippen molar-refractivity contribution in [2.75, 3.05) is 13.7 Å². The van der Waals surface area contributed by atoms with E-state index in [9.17, 15) is 4.79 Å². The van der Waals surface area contributed by atoms with Crippen LogP contribution in [0.3, 0.4) is 0 Å². The first-order valence-electron chi connectivity index (χ1n) is 11.5. The van der Waals surface area contributed by atoms with Gasteiger partial charge in [-0.2, -0.15) is 0 Å². The molecule has 0 aliphatic heterocycles. The molecule has 0 amide bonds. The monoisotopic (exact) mass is 398 g/mol. The van der Waals surface area contributed by atoms with Crippen LogP contribution in [0.25, 0.3) is 10.8 Å². The third-order valence-corrected chi connectivity index (χ3v) is 5.55. The van der Waals surface area contributed by atoms with E-state index in [-0.39, 0.29) is 5.97 Å². The summed E-state index contributed by atoms with van der Waals surface area (Å²) in [6, 6.07) is 11.6. The zero-order valence-corrected chi connectivity index (χ0v) is 18.4. The van der Waals surface area contributed by atoms with E-state index in [2.05, 4.69) is 6.92 Å². The van der Waals surface area contributed by atoms with Gasteiger partial charge in [0, 0.05) is 0 Å². The van der Waals surface area contributed by atoms with Gasteiger partial charge in [-0.25, -0.2) is 4.79 Å². The molecule has 0 aliphatic carbocycles. The molecule has 160 valence electrons. The van der Waals surface area contributed by atoms with E-state index in [1.807, 2.05) is 36.4 Å². The standard InChI is InChI=1S/C26H38O3/c1-3-4-5-6-7-8-9-10-11-12-13-16-21-29-26(27)25-23-18-15-14-17-22(23)19-20-24(25)28-2/h14-15,17-20H,3-13,16,21H2,1-2H3. The summed E-state index contributed by atoms with van der Waals surface area (Å²) in [5, 5.41) is 1.90. The number of carbonyl (C=O) groups excluding carboxylic acids is 1. The molecule has 0 fully saturated rings. The van der Waals surface area contributed by atoms with Crippen LogP contribution in [0, 0.1) is 0 Å². The average molecular weight is 399 g/mol. The highest BCUT2D eigenvalue weighted by molar-refractivity contribution is 6.07. The van der Waals surface area contributed by atoms with Crippen LogP contribution in [-0.2, 0) is 4.74 Å². The summed E-state index contributed by atoms with van der Waals surface area (Å²) in [7, 11) is 1.59. The smallest absolute Gasteiger partial charge is 0.342 e. The summed E-state index contributed by atoms with van der Waals surface area (Å²) in [5.41, 5.74) is 0.532. The second-order valence-corrected chi connectivity index (χ2v) is 7.89. The Morgan fingerprint density at radius 3 is 1.97 bits per heavy atom. The summed E-state index contributed by atoms with van der Waals surface area (Å²) < 4.78 is 10.9. The summed E-state index contributed by atoms with van der Waals surface area (Å²) in [5.74, 6) is 0.283. The van der Waals surface area contributed by atoms with Gasteiger partial charge in [-0.15, -0.1) is 0 Å². The van der Waals surface area contributed by atoms with E-state index >= 15 is 0 Å². The molecule has 0 atom stereocenters. The van der Waals surface area contributed by atoms with Crippen molar-refractivity contribution in [3.05, 3.63) is 42.0 Å². The third-order valence-electron chi connectivity index (χ3n) is 5.55. The molecule has 29 heavy (non-hydrogen) atoms. The van der Waals surface area contributed by atoms with Crippen molar-refractivity contribution in [2.45, 2.75) is 84.0 Å². The zero-order valence-electron chi connectivity index (χ0n) is 18.4. The first kappa shape index (κ1) is 23.3. The van der Waals surface area contributed by atoms with E-state index in [0.717, 1.165) is 23.6 Å². The van der Waals surface area contributed by atoms with Crippen molar-refractivity contribution in [3.63, 3.8) is 0 Å². The third kappa shape index (κ3) is 8.08. The second-order valence-electron chi connectivity index (χ2n) is 7.89. The second kappa shape index (κ2) is 14.0. The number of fused-ring (bicyclic) bond motifs is 1. The lowest BCUT2D eigenvalue weighted by atomic mass is 10.0. The number of benzene rings is 2. The van der Waals surface area contributed by atoms with Crippen molar-refractivity contribution in [2.24, 2.45) is 0 Å². The molecule has 2 aromatic carbocycles. The predicted octanol–water partition coefficient (Wildman–Crippen LogP) is 7.71. The summed E-state index contributed by atoms with van der Waals surface area (Å²) >= 11 is 0. The normalized spacial score (nSPS) is 11.0. The maximum atomic E-state index is 12.6. The summed E-state index contributed by atoms with van der Waals surface area (Å²) in [6.07, 6.45) is 15.6. The lowest BCUT2D eigenvalue weighted by molar-refractivity contribution is 0.0496. The molecule has 3 heteroatoms. The SMILES string of the molecule is CCCCCCCCCCCCCCOC(=O)c1c(OC)ccc2ccccc12. The maximum absolute atomic E-state index is 12.6. The topological polar surface area (TPSA) is 35.5 Å². The van der Waals surface area contributed by atoms with Gasteiger partial charge in [0.1, 0.15) is 11.3 Å². The highest BCUT2D eigenvalue weighted by Crippen LogP contribution is 2.28. The van der Waals surface area contributed by atoms with Gasteiger partial charge in [-0.05, 0) is 23.3 Å². The van der Waals surface area contributed by atoms with Crippen LogP contribution in [0.5, 0.6) is 5.75 Å². The number of methoxy groups -OCH3 is 1. The van der Waals surface area contributed by atoms with Crippen molar-refractivity contribution >= 4 is 16.7 Å². The minimum atomic E-state index is -0.290. The zero-order chi connectivity index (χ0) is 20.7. The number of hydrogen-bond acceptors (Lipinski definition) is 3. The fourth-order valence-electron chi connectivity index (χ4n) is 3.81. The van der Waals surface area contributed by atoms with Crippen LogP contribution in [0.4, 0.5) is 0 Å². The van der Waals surface area contributed by atoms with Gasteiger partial charge in [0.15, 0.2) is 0 Å². The molecule has 0 aromatic heterocycles. The van der Waals surface area contributed by atoms with Crippen LogP contribution in [-0.4, -0.2) is 19.7 Å². The lowest BCUT2D eigenvalue weighted by Gasteiger charge is -2.12. The largest absolute Gasteiger partial charge is 0.496 e. The van der Waals surface area contributed by atoms with Crippen molar-refractivity contribution in [1.82, 2.24) is 0 Å². The number of ether oxygens (including phenoxy) is 2. The molecule has 0 spiro atoms. The Hall–Kier alpha value is -2.03. The molecule has 0 bridgehead atoms. The molecule has 0 saturated heterocycles. The molecule has 0 saturated carbocycles. The van der Waals surface area contributed by atoms with Crippen LogP contribution in [0.1, 0.15) is 94.3 Å². The minimum absolute atomic E-state index is 0.290. The van der Waals surface area contributed by atoms with E-state index in [4.69, 9.17) is 9.47 Å². The van der Waals surface area contributed by atoms with Gasteiger partial charge >= 0.3 is 5.97 Å². The molecule has 0 aliphatic rings. The maximum Gasteiger partial charge on any atom is 0.342 e. The summed E-state index contributed by atoms with van der Waals surface area (Å²) in [4.78, 5) is 12.6. The first-order valence-corrected chi connectivity index (χ1v) is 11.5. The van der Waals surface area contributed by atoms with E-state index in [1.54, 1.807) is 7.11 Å². The van der Waals surface area contributed by atoms with Gasteiger partial charge < -0.3 is 9.47 Å². The fraction of sp³-hybridized carbons (Fsp3) is 0.577. The number of rotatable bonds is 15. The Bertz CT molecular complexity index is 723. The van der Waals surface area contributed by atoms with Crippen LogP contribution < -0.4 is 4.74 Å². The van der Waals surface area contributed by atoms with Crippen molar-refractivity contribution in [3.8, 4) is 5.75 Å². The Labute approximate surface area is 176 Å². The Kier molecular flexibility index (Phi) is 11.3. The molecule has 2 aromatic rings. The molecule has 2 rings (SSSR count). The van der Waals surface area contributed by atoms with E-state index in [0.29, 0.717) is 17.9 Å². The fourth-order valence-corrected chi connectivity index (χ4v) is 3.81. The molecule has 3 nitrogen and oxygen atoms in total. The van der Waals surface area contributed by atoms with Crippen molar-refractivity contribution in [1.29, 1.82) is 0 Å². The molecule has 0 N–H and O–H groups in total. The molecular formula is C26H38O3. The van der Waals surface area contributed by atoms with Gasteiger partial charge in [0.25, 0.3) is 0 Å². The Morgan fingerprint density at radius 2 is 1.34 bits per heavy atom. The van der Waals surface area contributed by atoms with E-state index in [1.165, 1.54) is 64.2 Å². The van der Waals surface area contributed by atoms with Crippen LogP contribution in [0.2, 0.25) is 0 Å². The quantitative estimate of drug-likeness (QED) is 0.228. The number of unbranched alkanes of at least 4 members (excludes halogenated alkanes) is 11. The van der Waals surface area contributed by atoms with Crippen LogP contribution in [0.15, 0.2) is 36.4 Å².